The molecule has 0 heterocycles. The van der Waals surface area contributed by atoms with E-state index in [-0.39, 0.29) is 0 Å². The van der Waals surface area contributed by atoms with Crippen LogP contribution in [0.15, 0.2) is 4.99 Å². The third-order valence-electron chi connectivity index (χ3n) is 4.08. The first-order chi connectivity index (χ1) is 9.77. The van der Waals surface area contributed by atoms with Gasteiger partial charge in [-0.05, 0) is 38.5 Å². The molecule has 1 saturated carbocycles. The zero-order valence-corrected chi connectivity index (χ0v) is 13.6. The molecule has 0 aromatic rings. The van der Waals surface area contributed by atoms with Gasteiger partial charge in [0.1, 0.15) is 0 Å². The zero-order valence-electron chi connectivity index (χ0n) is 13.6. The average Bonchev–Trinajstić information content (AvgIpc) is 2.46. The van der Waals surface area contributed by atoms with Crippen LogP contribution in [0.1, 0.15) is 52.9 Å². The Morgan fingerprint density at radius 2 is 2.00 bits per heavy atom. The van der Waals surface area contributed by atoms with Crippen molar-refractivity contribution in [2.75, 3.05) is 32.8 Å². The molecule has 0 aromatic heterocycles. The third-order valence-corrected chi connectivity index (χ3v) is 4.08. The molecule has 0 radical (unpaired) electrons. The highest BCUT2D eigenvalue weighted by Crippen LogP contribution is 2.29. The minimum Gasteiger partial charge on any atom is -0.382 e. The summed E-state index contributed by atoms with van der Waals surface area (Å²) in [5, 5.41) is 6.72. The number of hydrogen-bond donors (Lipinski definition) is 2. The molecule has 0 saturated heterocycles. The first-order valence-corrected chi connectivity index (χ1v) is 8.37. The van der Waals surface area contributed by atoms with Gasteiger partial charge in [0, 0.05) is 32.8 Å². The number of ether oxygens (including phenoxy) is 1. The molecule has 118 valence electrons. The molecule has 0 aromatic carbocycles. The second-order valence-corrected chi connectivity index (χ2v) is 5.72. The Morgan fingerprint density at radius 3 is 2.70 bits per heavy atom. The molecule has 0 amide bonds. The van der Waals surface area contributed by atoms with Gasteiger partial charge < -0.3 is 15.4 Å². The lowest BCUT2D eigenvalue weighted by molar-refractivity contribution is 0.145. The van der Waals surface area contributed by atoms with Crippen LogP contribution < -0.4 is 10.6 Å². The van der Waals surface area contributed by atoms with Crippen LogP contribution in [0, 0.1) is 11.8 Å². The van der Waals surface area contributed by atoms with Crippen molar-refractivity contribution in [3.8, 4) is 0 Å². The number of nitrogens with zero attached hydrogens (tertiary/aromatic N) is 1. The first-order valence-electron chi connectivity index (χ1n) is 8.37. The molecule has 1 rings (SSSR count). The zero-order chi connectivity index (χ0) is 14.6. The van der Waals surface area contributed by atoms with E-state index in [0.29, 0.717) is 0 Å². The summed E-state index contributed by atoms with van der Waals surface area (Å²) in [6.45, 7) is 10.9. The fourth-order valence-electron chi connectivity index (χ4n) is 2.74. The van der Waals surface area contributed by atoms with Crippen LogP contribution >= 0.6 is 0 Å². The van der Waals surface area contributed by atoms with E-state index >= 15 is 0 Å². The summed E-state index contributed by atoms with van der Waals surface area (Å²) in [5.74, 6) is 2.55. The lowest BCUT2D eigenvalue weighted by Crippen LogP contribution is -2.38. The molecule has 2 atom stereocenters. The van der Waals surface area contributed by atoms with Gasteiger partial charge in [0.15, 0.2) is 5.96 Å². The second kappa shape index (κ2) is 11.0. The van der Waals surface area contributed by atoms with Crippen LogP contribution in [0.2, 0.25) is 0 Å². The van der Waals surface area contributed by atoms with E-state index < -0.39 is 0 Å². The van der Waals surface area contributed by atoms with Crippen molar-refractivity contribution in [3.05, 3.63) is 0 Å². The van der Waals surface area contributed by atoms with Gasteiger partial charge in [-0.3, -0.25) is 4.99 Å². The van der Waals surface area contributed by atoms with Gasteiger partial charge in [-0.2, -0.15) is 0 Å². The molecule has 4 heteroatoms. The molecule has 2 unspecified atom stereocenters. The van der Waals surface area contributed by atoms with Crippen LogP contribution in [-0.2, 0) is 4.74 Å². The highest BCUT2D eigenvalue weighted by atomic mass is 16.5. The number of hydrogen-bond acceptors (Lipinski definition) is 2. The minimum atomic E-state index is 0.766. The molecular formula is C16H33N3O. The Bertz CT molecular complexity index is 268. The van der Waals surface area contributed by atoms with E-state index in [2.05, 4.69) is 24.5 Å². The summed E-state index contributed by atoms with van der Waals surface area (Å²) in [5.41, 5.74) is 0. The predicted octanol–water partition coefficient (Wildman–Crippen LogP) is 2.79. The fraction of sp³-hybridized carbons (Fsp3) is 0.938. The Labute approximate surface area is 124 Å². The van der Waals surface area contributed by atoms with Crippen LogP contribution in [-0.4, -0.2) is 38.8 Å². The molecule has 1 aliphatic carbocycles. The maximum Gasteiger partial charge on any atom is 0.191 e. The summed E-state index contributed by atoms with van der Waals surface area (Å²) in [4.78, 5) is 4.76. The van der Waals surface area contributed by atoms with E-state index in [1.54, 1.807) is 0 Å². The minimum absolute atomic E-state index is 0.766. The van der Waals surface area contributed by atoms with Crippen LogP contribution in [0.25, 0.3) is 0 Å². The topological polar surface area (TPSA) is 45.7 Å². The molecular weight excluding hydrogens is 250 g/mol. The number of guanidine groups is 1. The van der Waals surface area contributed by atoms with Crippen molar-refractivity contribution < 1.29 is 4.74 Å². The van der Waals surface area contributed by atoms with E-state index in [0.717, 1.165) is 57.1 Å². The third kappa shape index (κ3) is 7.13. The lowest BCUT2D eigenvalue weighted by Gasteiger charge is -2.27. The summed E-state index contributed by atoms with van der Waals surface area (Å²) in [6.07, 6.45) is 6.52. The molecule has 2 N–H and O–H groups in total. The van der Waals surface area contributed by atoms with Gasteiger partial charge in [0.2, 0.25) is 0 Å². The summed E-state index contributed by atoms with van der Waals surface area (Å²) in [7, 11) is 0. The van der Waals surface area contributed by atoms with Crippen LogP contribution in [0.5, 0.6) is 0 Å². The highest BCUT2D eigenvalue weighted by Gasteiger charge is 2.20. The van der Waals surface area contributed by atoms with E-state index in [4.69, 9.17) is 9.73 Å². The monoisotopic (exact) mass is 283 g/mol. The average molecular weight is 283 g/mol. The van der Waals surface area contributed by atoms with E-state index in [9.17, 15) is 0 Å². The van der Waals surface area contributed by atoms with Gasteiger partial charge in [-0.15, -0.1) is 0 Å². The normalized spacial score (nSPS) is 23.6. The fourth-order valence-corrected chi connectivity index (χ4v) is 2.74. The van der Waals surface area contributed by atoms with Gasteiger partial charge in [0.05, 0.1) is 0 Å². The standard InChI is InChI=1S/C16H33N3O/c1-4-17-16(18-11-8-12-20-5-2)19-13-15-10-7-6-9-14(15)3/h14-15H,4-13H2,1-3H3,(H2,17,18,19). The molecule has 0 bridgehead atoms. The number of nitrogens with one attached hydrogen (secondary N) is 2. The van der Waals surface area contributed by atoms with Gasteiger partial charge in [-0.1, -0.05) is 26.2 Å². The number of rotatable bonds is 8. The van der Waals surface area contributed by atoms with E-state index in [1.165, 1.54) is 25.7 Å². The van der Waals surface area contributed by atoms with Gasteiger partial charge in [-0.25, -0.2) is 0 Å². The van der Waals surface area contributed by atoms with Gasteiger partial charge >= 0.3 is 0 Å². The Balaban J connectivity index is 2.29. The number of aliphatic imine (C=N–C) groups is 1. The Hall–Kier alpha value is -0.770. The summed E-state index contributed by atoms with van der Waals surface area (Å²) in [6, 6.07) is 0. The van der Waals surface area contributed by atoms with Crippen molar-refractivity contribution in [2.45, 2.75) is 52.9 Å². The van der Waals surface area contributed by atoms with Gasteiger partial charge in [0.25, 0.3) is 0 Å². The van der Waals surface area contributed by atoms with Crippen molar-refractivity contribution in [3.63, 3.8) is 0 Å². The van der Waals surface area contributed by atoms with Crippen molar-refractivity contribution in [1.29, 1.82) is 0 Å². The highest BCUT2D eigenvalue weighted by molar-refractivity contribution is 5.79. The first kappa shape index (κ1) is 17.3. The smallest absolute Gasteiger partial charge is 0.191 e. The van der Waals surface area contributed by atoms with Crippen molar-refractivity contribution >= 4 is 5.96 Å². The molecule has 1 aliphatic rings. The molecule has 4 nitrogen and oxygen atoms in total. The predicted molar refractivity (Wildman–Crippen MR) is 86.2 cm³/mol. The molecule has 1 fully saturated rings. The molecule has 0 spiro atoms. The summed E-state index contributed by atoms with van der Waals surface area (Å²) < 4.78 is 5.34. The van der Waals surface area contributed by atoms with E-state index in [1.807, 2.05) is 6.92 Å². The quantitative estimate of drug-likeness (QED) is 0.409. The lowest BCUT2D eigenvalue weighted by atomic mass is 9.80. The largest absolute Gasteiger partial charge is 0.382 e. The van der Waals surface area contributed by atoms with Crippen LogP contribution in [0.3, 0.4) is 0 Å². The maximum absolute atomic E-state index is 5.34. The molecule has 20 heavy (non-hydrogen) atoms. The van der Waals surface area contributed by atoms with Crippen molar-refractivity contribution in [1.82, 2.24) is 10.6 Å². The van der Waals surface area contributed by atoms with Crippen molar-refractivity contribution in [2.24, 2.45) is 16.8 Å². The molecule has 0 aliphatic heterocycles. The summed E-state index contributed by atoms with van der Waals surface area (Å²) >= 11 is 0. The second-order valence-electron chi connectivity index (χ2n) is 5.72. The SMILES string of the molecule is CCNC(=NCC1CCCCC1C)NCCCOCC. The Kier molecular flexibility index (Phi) is 9.46. The maximum atomic E-state index is 5.34. The Morgan fingerprint density at radius 1 is 1.20 bits per heavy atom. The van der Waals surface area contributed by atoms with Crippen LogP contribution in [0.4, 0.5) is 0 Å².